The molecule has 0 saturated carbocycles. The van der Waals surface area contributed by atoms with Crippen LogP contribution in [0.25, 0.3) is 0 Å². The average molecular weight is 471 g/mol. The fourth-order valence-corrected chi connectivity index (χ4v) is 5.58. The van der Waals surface area contributed by atoms with Gasteiger partial charge in [0.2, 0.25) is 5.91 Å². The Labute approximate surface area is 189 Å². The van der Waals surface area contributed by atoms with Gasteiger partial charge in [-0.3, -0.25) is 9.10 Å². The Morgan fingerprint density at radius 3 is 2.00 bits per heavy atom. The fourth-order valence-electron chi connectivity index (χ4n) is 3.64. The molecule has 0 spiro atoms. The average Bonchev–Trinajstić information content (AvgIpc) is 2.56. The van der Waals surface area contributed by atoms with Gasteiger partial charge in [-0.15, -0.1) is 0 Å². The van der Waals surface area contributed by atoms with Gasteiger partial charge in [0.15, 0.2) is 0 Å². The van der Waals surface area contributed by atoms with Gasteiger partial charge >= 0.3 is 0 Å². The third kappa shape index (κ3) is 6.89. The van der Waals surface area contributed by atoms with Gasteiger partial charge in [-0.05, 0) is 56.0 Å². The minimum absolute atomic E-state index is 0.00688. The van der Waals surface area contributed by atoms with Gasteiger partial charge in [-0.2, -0.15) is 0 Å². The van der Waals surface area contributed by atoms with Gasteiger partial charge in [-0.1, -0.05) is 62.2 Å². The smallest absolute Gasteiger partial charge is 0.264 e. The third-order valence-electron chi connectivity index (χ3n) is 4.20. The van der Waals surface area contributed by atoms with Crippen molar-refractivity contribution in [3.05, 3.63) is 58.6 Å². The minimum Gasteiger partial charge on any atom is -0.350 e. The molecule has 30 heavy (non-hydrogen) atoms. The summed E-state index contributed by atoms with van der Waals surface area (Å²) in [6.07, 6.45) is 0.722. The number of nitrogens with one attached hydrogen (secondary N) is 1. The maximum Gasteiger partial charge on any atom is 0.264 e. The van der Waals surface area contributed by atoms with E-state index in [9.17, 15) is 13.2 Å². The molecule has 0 radical (unpaired) electrons. The van der Waals surface area contributed by atoms with E-state index < -0.39 is 28.0 Å². The van der Waals surface area contributed by atoms with Crippen LogP contribution in [0, 0.1) is 5.41 Å². The van der Waals surface area contributed by atoms with E-state index in [1.54, 1.807) is 18.2 Å². The summed E-state index contributed by atoms with van der Waals surface area (Å²) < 4.78 is 27.7. The summed E-state index contributed by atoms with van der Waals surface area (Å²) >= 11 is 12.2. The second-order valence-corrected chi connectivity index (χ2v) is 11.9. The predicted octanol–water partition coefficient (Wildman–Crippen LogP) is 5.52. The van der Waals surface area contributed by atoms with Crippen LogP contribution in [0.1, 0.15) is 41.0 Å². The Kier molecular flexibility index (Phi) is 7.49. The van der Waals surface area contributed by atoms with E-state index in [4.69, 9.17) is 23.2 Å². The van der Waals surface area contributed by atoms with E-state index in [1.165, 1.54) is 30.3 Å². The molecule has 1 N–H and O–H groups in total. The van der Waals surface area contributed by atoms with Gasteiger partial charge < -0.3 is 5.32 Å². The van der Waals surface area contributed by atoms with E-state index in [0.29, 0.717) is 0 Å². The van der Waals surface area contributed by atoms with Crippen molar-refractivity contribution in [1.82, 2.24) is 5.32 Å². The quantitative estimate of drug-likeness (QED) is 0.578. The molecule has 0 aliphatic rings. The standard InChI is InChI=1S/C22H28Cl2N2O3S/c1-21(2,3)15-22(4,5)25-20(27)14-26(18-12-16(23)11-17(24)13-18)30(28,29)19-9-7-6-8-10-19/h6-13H,14-15H2,1-5H3,(H,25,27). The number of hydrogen-bond donors (Lipinski definition) is 1. The van der Waals surface area contributed by atoms with E-state index in [2.05, 4.69) is 26.1 Å². The van der Waals surface area contributed by atoms with Crippen molar-refractivity contribution >= 4 is 44.8 Å². The summed E-state index contributed by atoms with van der Waals surface area (Å²) in [4.78, 5) is 13.0. The lowest BCUT2D eigenvalue weighted by atomic mass is 9.82. The zero-order valence-electron chi connectivity index (χ0n) is 17.9. The molecule has 1 amide bonds. The lowest BCUT2D eigenvalue weighted by Gasteiger charge is -2.34. The number of benzene rings is 2. The third-order valence-corrected chi connectivity index (χ3v) is 6.43. The minimum atomic E-state index is -4.02. The summed E-state index contributed by atoms with van der Waals surface area (Å²) in [6.45, 7) is 9.69. The number of hydrogen-bond acceptors (Lipinski definition) is 3. The van der Waals surface area contributed by atoms with Crippen LogP contribution in [0.2, 0.25) is 10.0 Å². The highest BCUT2D eigenvalue weighted by Gasteiger charge is 2.31. The highest BCUT2D eigenvalue weighted by Crippen LogP contribution is 2.30. The number of rotatable bonds is 7. The lowest BCUT2D eigenvalue weighted by Crippen LogP contribution is -2.50. The molecule has 0 fully saturated rings. The van der Waals surface area contributed by atoms with Crippen LogP contribution in [0.3, 0.4) is 0 Å². The normalized spacial score (nSPS) is 12.5. The van der Waals surface area contributed by atoms with Crippen molar-refractivity contribution in [1.29, 1.82) is 0 Å². The number of halogens is 2. The topological polar surface area (TPSA) is 66.5 Å². The molecule has 8 heteroatoms. The molecular weight excluding hydrogens is 443 g/mol. The highest BCUT2D eigenvalue weighted by molar-refractivity contribution is 7.92. The molecule has 2 aromatic carbocycles. The first kappa shape index (κ1) is 24.5. The first-order chi connectivity index (χ1) is 13.7. The van der Waals surface area contributed by atoms with E-state index in [1.807, 2.05) is 13.8 Å². The SMILES string of the molecule is CC(C)(C)CC(C)(C)NC(=O)CN(c1cc(Cl)cc(Cl)c1)S(=O)(=O)c1ccccc1. The molecule has 5 nitrogen and oxygen atoms in total. The van der Waals surface area contributed by atoms with Crippen molar-refractivity contribution in [2.45, 2.75) is 51.5 Å². The van der Waals surface area contributed by atoms with Crippen molar-refractivity contribution in [3.8, 4) is 0 Å². The summed E-state index contributed by atoms with van der Waals surface area (Å²) in [7, 11) is -4.02. The van der Waals surface area contributed by atoms with E-state index in [-0.39, 0.29) is 26.0 Å². The zero-order chi connectivity index (χ0) is 22.7. The number of sulfonamides is 1. The second kappa shape index (κ2) is 9.16. The number of nitrogens with zero attached hydrogens (tertiary/aromatic N) is 1. The maximum atomic E-state index is 13.3. The molecule has 0 heterocycles. The Balaban J connectivity index is 2.41. The van der Waals surface area contributed by atoms with Crippen LogP contribution in [0.5, 0.6) is 0 Å². The van der Waals surface area contributed by atoms with Crippen LogP contribution >= 0.6 is 23.2 Å². The van der Waals surface area contributed by atoms with Gasteiger partial charge in [-0.25, -0.2) is 8.42 Å². The molecule has 0 aliphatic carbocycles. The summed E-state index contributed by atoms with van der Waals surface area (Å²) in [5.41, 5.74) is -0.295. The van der Waals surface area contributed by atoms with Gasteiger partial charge in [0.1, 0.15) is 6.54 Å². The zero-order valence-corrected chi connectivity index (χ0v) is 20.2. The molecule has 0 saturated heterocycles. The van der Waals surface area contributed by atoms with Crippen molar-refractivity contribution in [2.75, 3.05) is 10.8 Å². The molecule has 0 aromatic heterocycles. The first-order valence-corrected chi connectivity index (χ1v) is 11.7. The van der Waals surface area contributed by atoms with Crippen LogP contribution in [0.15, 0.2) is 53.4 Å². The predicted molar refractivity (Wildman–Crippen MR) is 124 cm³/mol. The molecule has 0 unspecified atom stereocenters. The molecule has 2 rings (SSSR count). The van der Waals surface area contributed by atoms with E-state index in [0.717, 1.165) is 10.7 Å². The van der Waals surface area contributed by atoms with Gasteiger partial charge in [0.25, 0.3) is 10.0 Å². The Hall–Kier alpha value is -1.76. The molecule has 2 aromatic rings. The Morgan fingerprint density at radius 1 is 0.967 bits per heavy atom. The molecule has 0 atom stereocenters. The molecule has 0 bridgehead atoms. The largest absolute Gasteiger partial charge is 0.350 e. The Morgan fingerprint density at radius 2 is 1.50 bits per heavy atom. The molecular formula is C22H28Cl2N2O3S. The van der Waals surface area contributed by atoms with Crippen LogP contribution in [-0.4, -0.2) is 26.4 Å². The summed E-state index contributed by atoms with van der Waals surface area (Å²) in [5, 5.41) is 3.51. The second-order valence-electron chi connectivity index (χ2n) is 9.12. The number of carbonyl (C=O) groups is 1. The fraction of sp³-hybridized carbons (Fsp3) is 0.409. The van der Waals surface area contributed by atoms with Crippen LogP contribution in [0.4, 0.5) is 5.69 Å². The molecule has 0 aliphatic heterocycles. The first-order valence-electron chi connectivity index (χ1n) is 9.55. The lowest BCUT2D eigenvalue weighted by molar-refractivity contribution is -0.121. The van der Waals surface area contributed by atoms with Crippen LogP contribution in [-0.2, 0) is 14.8 Å². The van der Waals surface area contributed by atoms with Crippen molar-refractivity contribution in [3.63, 3.8) is 0 Å². The summed E-state index contributed by atoms with van der Waals surface area (Å²) in [5.74, 6) is -0.417. The number of amides is 1. The van der Waals surface area contributed by atoms with Crippen molar-refractivity contribution < 1.29 is 13.2 Å². The molecule has 164 valence electrons. The number of carbonyl (C=O) groups excluding carboxylic acids is 1. The monoisotopic (exact) mass is 470 g/mol. The maximum absolute atomic E-state index is 13.3. The highest BCUT2D eigenvalue weighted by atomic mass is 35.5. The van der Waals surface area contributed by atoms with Crippen molar-refractivity contribution in [2.24, 2.45) is 5.41 Å². The van der Waals surface area contributed by atoms with Gasteiger partial charge in [0.05, 0.1) is 10.6 Å². The Bertz CT molecular complexity index is 981. The summed E-state index contributed by atoms with van der Waals surface area (Å²) in [6, 6.07) is 12.4. The van der Waals surface area contributed by atoms with Crippen LogP contribution < -0.4 is 9.62 Å². The van der Waals surface area contributed by atoms with E-state index >= 15 is 0 Å². The van der Waals surface area contributed by atoms with Gasteiger partial charge in [0, 0.05) is 15.6 Å². The number of anilines is 1.